The van der Waals surface area contributed by atoms with Crippen LogP contribution in [-0.4, -0.2) is 17.9 Å². The van der Waals surface area contributed by atoms with Crippen LogP contribution in [0.25, 0.3) is 0 Å². The van der Waals surface area contributed by atoms with Crippen LogP contribution < -0.4 is 4.74 Å². The maximum Gasteiger partial charge on any atom is 0.257 e. The molecule has 0 atom stereocenters. The Morgan fingerprint density at radius 1 is 1.08 bits per heavy atom. The van der Waals surface area contributed by atoms with Gasteiger partial charge in [-0.15, -0.1) is 0 Å². The highest BCUT2D eigenvalue weighted by molar-refractivity contribution is 5.96. The summed E-state index contributed by atoms with van der Waals surface area (Å²) in [5.41, 5.74) is 1.30. The average molecular weight is 339 g/mol. The number of carbonyl (C=O) groups excluding carboxylic acids is 1. The third kappa shape index (κ3) is 4.26. The maximum atomic E-state index is 13.0. The molecule has 0 N–H and O–H groups in total. The van der Waals surface area contributed by atoms with Crippen molar-refractivity contribution in [2.75, 3.05) is 7.05 Å². The molecule has 1 aromatic heterocycles. The molecular formula is C20H18FNO3. The second-order valence-electron chi connectivity index (χ2n) is 5.65. The lowest BCUT2D eigenvalue weighted by Crippen LogP contribution is -2.26. The Balaban J connectivity index is 1.71. The van der Waals surface area contributed by atoms with Gasteiger partial charge in [0.1, 0.15) is 23.9 Å². The average Bonchev–Trinajstić information content (AvgIpc) is 3.14. The van der Waals surface area contributed by atoms with Gasteiger partial charge in [-0.3, -0.25) is 4.79 Å². The first-order valence-electron chi connectivity index (χ1n) is 7.87. The number of ether oxygens (including phenoxy) is 1. The van der Waals surface area contributed by atoms with Gasteiger partial charge in [-0.1, -0.05) is 24.3 Å². The van der Waals surface area contributed by atoms with Crippen LogP contribution in [0.5, 0.6) is 5.75 Å². The molecule has 0 saturated carbocycles. The normalized spacial score (nSPS) is 10.5. The number of amides is 1. The Bertz CT molecular complexity index is 828. The topological polar surface area (TPSA) is 42.7 Å². The molecule has 1 amide bonds. The number of hydrogen-bond donors (Lipinski definition) is 0. The first-order valence-corrected chi connectivity index (χ1v) is 7.87. The van der Waals surface area contributed by atoms with Gasteiger partial charge < -0.3 is 14.1 Å². The van der Waals surface area contributed by atoms with Crippen molar-refractivity contribution in [1.29, 1.82) is 0 Å². The summed E-state index contributed by atoms with van der Waals surface area (Å²) in [6.45, 7) is 0.630. The molecule has 0 aliphatic rings. The quantitative estimate of drug-likeness (QED) is 0.673. The van der Waals surface area contributed by atoms with E-state index in [0.29, 0.717) is 23.6 Å². The number of benzene rings is 2. The first-order chi connectivity index (χ1) is 12.1. The van der Waals surface area contributed by atoms with Crippen molar-refractivity contribution in [2.45, 2.75) is 13.2 Å². The van der Waals surface area contributed by atoms with E-state index in [0.717, 1.165) is 5.56 Å². The van der Waals surface area contributed by atoms with E-state index in [9.17, 15) is 9.18 Å². The fourth-order valence-corrected chi connectivity index (χ4v) is 2.42. The number of nitrogens with zero attached hydrogens (tertiary/aromatic N) is 1. The molecule has 0 spiro atoms. The highest BCUT2D eigenvalue weighted by Crippen LogP contribution is 2.21. The van der Waals surface area contributed by atoms with Crippen molar-refractivity contribution in [3.63, 3.8) is 0 Å². The summed E-state index contributed by atoms with van der Waals surface area (Å²) in [7, 11) is 1.71. The van der Waals surface area contributed by atoms with E-state index in [-0.39, 0.29) is 18.3 Å². The molecule has 5 heteroatoms. The van der Waals surface area contributed by atoms with E-state index >= 15 is 0 Å². The first kappa shape index (κ1) is 16.8. The van der Waals surface area contributed by atoms with Crippen molar-refractivity contribution < 1.29 is 18.3 Å². The van der Waals surface area contributed by atoms with Crippen molar-refractivity contribution in [2.24, 2.45) is 0 Å². The number of para-hydroxylation sites is 1. The van der Waals surface area contributed by atoms with Gasteiger partial charge in [0.25, 0.3) is 5.91 Å². The van der Waals surface area contributed by atoms with Crippen LogP contribution in [-0.2, 0) is 13.2 Å². The van der Waals surface area contributed by atoms with Crippen molar-refractivity contribution in [3.8, 4) is 5.75 Å². The number of hydrogen-bond acceptors (Lipinski definition) is 3. The second kappa shape index (κ2) is 7.66. The lowest BCUT2D eigenvalue weighted by Gasteiger charge is -2.18. The van der Waals surface area contributed by atoms with Gasteiger partial charge in [0.05, 0.1) is 18.4 Å². The van der Waals surface area contributed by atoms with Gasteiger partial charge in [-0.05, 0) is 42.0 Å². The minimum Gasteiger partial charge on any atom is -0.488 e. The zero-order valence-corrected chi connectivity index (χ0v) is 13.8. The minimum atomic E-state index is -0.293. The summed E-state index contributed by atoms with van der Waals surface area (Å²) in [6, 6.07) is 16.7. The highest BCUT2D eigenvalue weighted by atomic mass is 19.1. The molecule has 25 heavy (non-hydrogen) atoms. The molecule has 3 rings (SSSR count). The van der Waals surface area contributed by atoms with E-state index < -0.39 is 0 Å². The standard InChI is InChI=1S/C20H18FNO3/c1-22(13-17-5-4-12-24-17)20(23)18-6-2-3-7-19(18)25-14-15-8-10-16(21)11-9-15/h2-12H,13-14H2,1H3. The number of carbonyl (C=O) groups is 1. The van der Waals surface area contributed by atoms with Crippen molar-refractivity contribution in [1.82, 2.24) is 4.90 Å². The zero-order valence-electron chi connectivity index (χ0n) is 13.8. The predicted octanol–water partition coefficient (Wildman–Crippen LogP) is 4.27. The van der Waals surface area contributed by atoms with E-state index in [1.165, 1.54) is 12.1 Å². The van der Waals surface area contributed by atoms with Crippen molar-refractivity contribution in [3.05, 3.63) is 89.6 Å². The number of halogens is 1. The lowest BCUT2D eigenvalue weighted by molar-refractivity contribution is 0.0770. The van der Waals surface area contributed by atoms with E-state index in [1.807, 2.05) is 12.1 Å². The van der Waals surface area contributed by atoms with E-state index in [2.05, 4.69) is 0 Å². The number of furan rings is 1. The van der Waals surface area contributed by atoms with Gasteiger partial charge >= 0.3 is 0 Å². The molecule has 0 unspecified atom stereocenters. The maximum absolute atomic E-state index is 13.0. The van der Waals surface area contributed by atoms with Crippen molar-refractivity contribution >= 4 is 5.91 Å². The summed E-state index contributed by atoms with van der Waals surface area (Å²) < 4.78 is 24.0. The fourth-order valence-electron chi connectivity index (χ4n) is 2.42. The highest BCUT2D eigenvalue weighted by Gasteiger charge is 2.17. The van der Waals surface area contributed by atoms with Gasteiger partial charge in [0.2, 0.25) is 0 Å². The Hall–Kier alpha value is -3.08. The Morgan fingerprint density at radius 2 is 1.84 bits per heavy atom. The minimum absolute atomic E-state index is 0.161. The second-order valence-corrected chi connectivity index (χ2v) is 5.65. The monoisotopic (exact) mass is 339 g/mol. The summed E-state index contributed by atoms with van der Waals surface area (Å²) in [5.74, 6) is 0.744. The van der Waals surface area contributed by atoms with Crippen LogP contribution in [0.1, 0.15) is 21.7 Å². The molecule has 0 aliphatic carbocycles. The van der Waals surface area contributed by atoms with Crippen LogP contribution in [0.15, 0.2) is 71.3 Å². The molecule has 128 valence electrons. The van der Waals surface area contributed by atoms with Gasteiger partial charge in [0, 0.05) is 7.05 Å². The molecule has 0 bridgehead atoms. The third-order valence-corrected chi connectivity index (χ3v) is 3.74. The lowest BCUT2D eigenvalue weighted by atomic mass is 10.1. The molecule has 2 aromatic carbocycles. The molecule has 0 fully saturated rings. The Morgan fingerprint density at radius 3 is 2.56 bits per heavy atom. The SMILES string of the molecule is CN(Cc1ccco1)C(=O)c1ccccc1OCc1ccc(F)cc1. The van der Waals surface area contributed by atoms with Gasteiger partial charge in [0.15, 0.2) is 0 Å². The van der Waals surface area contributed by atoms with Crippen LogP contribution in [0.2, 0.25) is 0 Å². The molecule has 0 aliphatic heterocycles. The largest absolute Gasteiger partial charge is 0.488 e. The summed E-state index contributed by atoms with van der Waals surface area (Å²) in [6.07, 6.45) is 1.58. The summed E-state index contributed by atoms with van der Waals surface area (Å²) in [4.78, 5) is 14.3. The van der Waals surface area contributed by atoms with Crippen LogP contribution in [0.3, 0.4) is 0 Å². The summed E-state index contributed by atoms with van der Waals surface area (Å²) >= 11 is 0. The summed E-state index contributed by atoms with van der Waals surface area (Å²) in [5, 5.41) is 0. The van der Waals surface area contributed by atoms with Gasteiger partial charge in [-0.2, -0.15) is 0 Å². The van der Waals surface area contributed by atoms with Crippen LogP contribution >= 0.6 is 0 Å². The fraction of sp³-hybridized carbons (Fsp3) is 0.150. The van der Waals surface area contributed by atoms with Crippen LogP contribution in [0.4, 0.5) is 4.39 Å². The molecule has 0 radical (unpaired) electrons. The molecule has 4 nitrogen and oxygen atoms in total. The zero-order chi connectivity index (χ0) is 17.6. The molecular weight excluding hydrogens is 321 g/mol. The predicted molar refractivity (Wildman–Crippen MR) is 91.7 cm³/mol. The van der Waals surface area contributed by atoms with E-state index in [1.54, 1.807) is 54.6 Å². The third-order valence-electron chi connectivity index (χ3n) is 3.74. The number of rotatable bonds is 6. The molecule has 3 aromatic rings. The Kier molecular flexibility index (Phi) is 5.14. The van der Waals surface area contributed by atoms with E-state index in [4.69, 9.17) is 9.15 Å². The molecule has 1 heterocycles. The smallest absolute Gasteiger partial charge is 0.257 e. The van der Waals surface area contributed by atoms with Crippen LogP contribution in [0, 0.1) is 5.82 Å². The molecule has 0 saturated heterocycles. The van der Waals surface area contributed by atoms with Gasteiger partial charge in [-0.25, -0.2) is 4.39 Å². The Labute approximate surface area is 145 Å².